The summed E-state index contributed by atoms with van der Waals surface area (Å²) < 4.78 is 10.5. The van der Waals surface area contributed by atoms with Crippen molar-refractivity contribution in [3.8, 4) is 0 Å². The lowest BCUT2D eigenvalue weighted by Crippen LogP contribution is -2.63. The lowest BCUT2D eigenvalue weighted by Gasteiger charge is -2.45. The number of esters is 2. The molecule has 1 aromatic rings. The van der Waals surface area contributed by atoms with Crippen molar-refractivity contribution < 1.29 is 19.1 Å². The van der Waals surface area contributed by atoms with Gasteiger partial charge in [0.05, 0.1) is 19.9 Å². The van der Waals surface area contributed by atoms with Gasteiger partial charge in [-0.2, -0.15) is 0 Å². The number of carbonyl (C=O) groups is 2. The number of para-hydroxylation sites is 1. The molecule has 0 spiro atoms. The van der Waals surface area contributed by atoms with Crippen molar-refractivity contribution in [3.05, 3.63) is 30.3 Å². The molecule has 1 aliphatic heterocycles. The molecule has 132 valence electrons. The Bertz CT molecular complexity index is 543. The van der Waals surface area contributed by atoms with E-state index in [0.717, 1.165) is 12.2 Å². The van der Waals surface area contributed by atoms with Gasteiger partial charge in [-0.15, -0.1) is 0 Å². The number of rotatable bonds is 6. The number of ether oxygens (including phenoxy) is 2. The Balaban J connectivity index is 2.39. The third-order valence-electron chi connectivity index (χ3n) is 4.23. The fraction of sp³-hybridized carbons (Fsp3) is 0.556. The molecular weight excluding hydrogens is 308 g/mol. The van der Waals surface area contributed by atoms with Crippen LogP contribution in [0.1, 0.15) is 20.8 Å². The van der Waals surface area contributed by atoms with Gasteiger partial charge < -0.3 is 14.4 Å². The van der Waals surface area contributed by atoms with Crippen LogP contribution in [0.2, 0.25) is 0 Å². The Hall–Kier alpha value is -2.08. The van der Waals surface area contributed by atoms with Crippen LogP contribution >= 0.6 is 0 Å². The normalized spacial score (nSPS) is 17.4. The number of hydrogen-bond donors (Lipinski definition) is 0. The lowest BCUT2D eigenvalue weighted by molar-refractivity contribution is -0.174. The Labute approximate surface area is 143 Å². The molecule has 0 unspecified atom stereocenters. The summed E-state index contributed by atoms with van der Waals surface area (Å²) in [6.45, 7) is 7.91. The van der Waals surface area contributed by atoms with E-state index in [2.05, 4.69) is 4.90 Å². The van der Waals surface area contributed by atoms with Gasteiger partial charge in [0.25, 0.3) is 0 Å². The monoisotopic (exact) mass is 334 g/mol. The number of carbonyl (C=O) groups excluding carboxylic acids is 2. The second-order valence-electron chi connectivity index (χ2n) is 5.84. The van der Waals surface area contributed by atoms with Crippen LogP contribution in [0, 0.1) is 5.41 Å². The molecule has 0 N–H and O–H groups in total. The number of benzene rings is 1. The van der Waals surface area contributed by atoms with Crippen molar-refractivity contribution in [2.45, 2.75) is 20.8 Å². The van der Waals surface area contributed by atoms with Gasteiger partial charge in [0.2, 0.25) is 0 Å². The minimum Gasteiger partial charge on any atom is -0.465 e. The molecule has 1 saturated heterocycles. The van der Waals surface area contributed by atoms with Crippen LogP contribution in [0.4, 0.5) is 5.69 Å². The largest absolute Gasteiger partial charge is 0.465 e. The van der Waals surface area contributed by atoms with E-state index in [-0.39, 0.29) is 19.8 Å². The minimum atomic E-state index is -1.32. The zero-order valence-corrected chi connectivity index (χ0v) is 14.7. The van der Waals surface area contributed by atoms with Crippen LogP contribution < -0.4 is 4.90 Å². The van der Waals surface area contributed by atoms with Crippen molar-refractivity contribution >= 4 is 17.6 Å². The molecule has 0 aliphatic carbocycles. The van der Waals surface area contributed by atoms with Gasteiger partial charge in [0.1, 0.15) is 0 Å². The molecule has 6 nitrogen and oxygen atoms in total. The molecule has 0 saturated carbocycles. The van der Waals surface area contributed by atoms with E-state index in [1.807, 2.05) is 42.2 Å². The highest BCUT2D eigenvalue weighted by Gasteiger charge is 2.53. The molecule has 0 amide bonds. The Morgan fingerprint density at radius 2 is 1.58 bits per heavy atom. The first kappa shape index (κ1) is 18.3. The lowest BCUT2D eigenvalue weighted by atomic mass is 9.84. The predicted octanol–water partition coefficient (Wildman–Crippen LogP) is 1.90. The molecule has 1 heterocycles. The van der Waals surface area contributed by atoms with Gasteiger partial charge in [-0.05, 0) is 32.5 Å². The summed E-state index contributed by atoms with van der Waals surface area (Å²) in [5.41, 5.74) is -0.357. The van der Waals surface area contributed by atoms with Crippen LogP contribution in [0.15, 0.2) is 30.3 Å². The van der Waals surface area contributed by atoms with E-state index in [0.29, 0.717) is 13.2 Å². The zero-order valence-electron chi connectivity index (χ0n) is 14.7. The summed E-state index contributed by atoms with van der Waals surface area (Å²) in [4.78, 5) is 29.5. The molecule has 1 fully saturated rings. The summed E-state index contributed by atoms with van der Waals surface area (Å²) in [5.74, 6) is -1.02. The third-order valence-corrected chi connectivity index (χ3v) is 4.23. The van der Waals surface area contributed by atoms with Gasteiger partial charge in [0.15, 0.2) is 5.41 Å². The minimum absolute atomic E-state index is 0.234. The van der Waals surface area contributed by atoms with E-state index in [1.54, 1.807) is 13.8 Å². The SMILES string of the molecule is CCOC(=O)C1(C(=O)OCC)CN(CC)CN(c2ccccc2)C1. The van der Waals surface area contributed by atoms with Crippen LogP contribution in [0.5, 0.6) is 0 Å². The van der Waals surface area contributed by atoms with Gasteiger partial charge in [-0.3, -0.25) is 14.5 Å². The molecule has 1 aliphatic rings. The van der Waals surface area contributed by atoms with Crippen LogP contribution in [0.3, 0.4) is 0 Å². The summed E-state index contributed by atoms with van der Waals surface area (Å²) in [5, 5.41) is 0. The topological polar surface area (TPSA) is 59.1 Å². The van der Waals surface area contributed by atoms with Crippen molar-refractivity contribution in [2.75, 3.05) is 44.4 Å². The van der Waals surface area contributed by atoms with Crippen LogP contribution in [-0.2, 0) is 19.1 Å². The summed E-state index contributed by atoms with van der Waals surface area (Å²) in [7, 11) is 0. The molecule has 0 aromatic heterocycles. The molecule has 24 heavy (non-hydrogen) atoms. The summed E-state index contributed by atoms with van der Waals surface area (Å²) in [6, 6.07) is 9.77. The smallest absolute Gasteiger partial charge is 0.326 e. The first-order valence-electron chi connectivity index (χ1n) is 8.44. The van der Waals surface area contributed by atoms with Gasteiger partial charge in [0, 0.05) is 18.8 Å². The van der Waals surface area contributed by atoms with E-state index in [1.165, 1.54) is 0 Å². The highest BCUT2D eigenvalue weighted by Crippen LogP contribution is 2.32. The second-order valence-corrected chi connectivity index (χ2v) is 5.84. The molecular formula is C18H26N2O4. The zero-order chi connectivity index (χ0) is 17.6. The Morgan fingerprint density at radius 1 is 1.00 bits per heavy atom. The highest BCUT2D eigenvalue weighted by molar-refractivity contribution is 6.01. The first-order chi connectivity index (χ1) is 11.6. The fourth-order valence-corrected chi connectivity index (χ4v) is 3.00. The molecule has 2 rings (SSSR count). The van der Waals surface area contributed by atoms with E-state index in [4.69, 9.17) is 9.47 Å². The summed E-state index contributed by atoms with van der Waals surface area (Å²) >= 11 is 0. The van der Waals surface area contributed by atoms with Crippen molar-refractivity contribution in [2.24, 2.45) is 5.41 Å². The van der Waals surface area contributed by atoms with E-state index >= 15 is 0 Å². The molecule has 0 radical (unpaired) electrons. The first-order valence-corrected chi connectivity index (χ1v) is 8.44. The van der Waals surface area contributed by atoms with Gasteiger partial charge in [-0.1, -0.05) is 25.1 Å². The second kappa shape index (κ2) is 8.15. The quantitative estimate of drug-likeness (QED) is 0.585. The van der Waals surface area contributed by atoms with E-state index in [9.17, 15) is 9.59 Å². The molecule has 6 heteroatoms. The fourth-order valence-electron chi connectivity index (χ4n) is 3.00. The molecule has 1 aromatic carbocycles. The van der Waals surface area contributed by atoms with Crippen molar-refractivity contribution in [3.63, 3.8) is 0 Å². The number of anilines is 1. The third kappa shape index (κ3) is 3.70. The number of nitrogens with zero attached hydrogens (tertiary/aromatic N) is 2. The maximum Gasteiger partial charge on any atom is 0.326 e. The van der Waals surface area contributed by atoms with Crippen LogP contribution in [-0.4, -0.2) is 56.4 Å². The maximum atomic E-state index is 12.7. The molecule has 0 bridgehead atoms. The highest BCUT2D eigenvalue weighted by atomic mass is 16.6. The van der Waals surface area contributed by atoms with E-state index < -0.39 is 17.4 Å². The van der Waals surface area contributed by atoms with Crippen molar-refractivity contribution in [1.82, 2.24) is 4.90 Å². The number of hydrogen-bond acceptors (Lipinski definition) is 6. The van der Waals surface area contributed by atoms with Crippen LogP contribution in [0.25, 0.3) is 0 Å². The Morgan fingerprint density at radius 3 is 2.08 bits per heavy atom. The van der Waals surface area contributed by atoms with Crippen molar-refractivity contribution in [1.29, 1.82) is 0 Å². The average Bonchev–Trinajstić information content (AvgIpc) is 2.62. The molecule has 0 atom stereocenters. The Kier molecular flexibility index (Phi) is 6.20. The van der Waals surface area contributed by atoms with Gasteiger partial charge >= 0.3 is 11.9 Å². The standard InChI is InChI=1S/C18H26N2O4/c1-4-19-12-18(16(21)23-5-2,17(22)24-6-3)13-20(14-19)15-10-8-7-9-11-15/h7-11H,4-6,12-14H2,1-3H3. The average molecular weight is 334 g/mol. The predicted molar refractivity (Wildman–Crippen MR) is 91.6 cm³/mol. The maximum absolute atomic E-state index is 12.7. The summed E-state index contributed by atoms with van der Waals surface area (Å²) in [6.07, 6.45) is 0. The van der Waals surface area contributed by atoms with Gasteiger partial charge in [-0.25, -0.2) is 0 Å².